The summed E-state index contributed by atoms with van der Waals surface area (Å²) in [5, 5.41) is 2.31. The molecule has 0 aliphatic carbocycles. The Labute approximate surface area is 188 Å². The second kappa shape index (κ2) is 7.62. The van der Waals surface area contributed by atoms with E-state index in [-0.39, 0.29) is 11.1 Å². The number of imide groups is 2. The van der Waals surface area contributed by atoms with Gasteiger partial charge in [-0.1, -0.05) is 25.1 Å². The Bertz CT molecular complexity index is 1180. The molecule has 0 saturated carbocycles. The van der Waals surface area contributed by atoms with Gasteiger partial charge in [0.1, 0.15) is 5.57 Å². The third kappa shape index (κ3) is 3.49. The Hall–Kier alpha value is -3.41. The van der Waals surface area contributed by atoms with Crippen LogP contribution in [-0.2, 0) is 9.59 Å². The Morgan fingerprint density at radius 2 is 1.78 bits per heavy atom. The first-order chi connectivity index (χ1) is 15.0. The van der Waals surface area contributed by atoms with Crippen molar-refractivity contribution < 1.29 is 14.4 Å². The Morgan fingerprint density at radius 1 is 1.06 bits per heavy atom. The van der Waals surface area contributed by atoms with Crippen molar-refractivity contribution in [1.29, 1.82) is 0 Å². The number of aryl methyl sites for hydroxylation is 1. The molecule has 1 N–H and O–H groups in total. The standard InChI is InChI=1S/C26H29N3O3/c1-15-8-7-9-21(17(15)3)29-24(31)20(23(30)27-25(29)32)13-18-10-11-22-19(12-18)16(2)14-26(4,5)28(22)6/h7-13,16H,14H2,1-6H3,(H,27,30,32)/b20-13-. The molecule has 6 nitrogen and oxygen atoms in total. The summed E-state index contributed by atoms with van der Waals surface area (Å²) in [6.45, 7) is 10.4. The van der Waals surface area contributed by atoms with Crippen molar-refractivity contribution in [3.05, 3.63) is 64.2 Å². The Kier molecular flexibility index (Phi) is 5.19. The zero-order chi connectivity index (χ0) is 23.4. The molecule has 0 aromatic heterocycles. The van der Waals surface area contributed by atoms with Crippen molar-refractivity contribution in [1.82, 2.24) is 5.32 Å². The molecule has 2 aliphatic heterocycles. The highest BCUT2D eigenvalue weighted by Crippen LogP contribution is 2.42. The zero-order valence-electron chi connectivity index (χ0n) is 19.4. The average Bonchev–Trinajstić information content (AvgIpc) is 2.72. The van der Waals surface area contributed by atoms with Crippen LogP contribution in [0, 0.1) is 13.8 Å². The Balaban J connectivity index is 1.75. The van der Waals surface area contributed by atoms with E-state index in [0.717, 1.165) is 33.7 Å². The van der Waals surface area contributed by atoms with Crippen molar-refractivity contribution in [3.8, 4) is 0 Å². The Morgan fingerprint density at radius 3 is 2.50 bits per heavy atom. The van der Waals surface area contributed by atoms with Crippen LogP contribution in [0.15, 0.2) is 42.0 Å². The summed E-state index contributed by atoms with van der Waals surface area (Å²) < 4.78 is 0. The number of carbonyl (C=O) groups is 3. The van der Waals surface area contributed by atoms with Gasteiger partial charge in [0.25, 0.3) is 11.8 Å². The lowest BCUT2D eigenvalue weighted by Gasteiger charge is -2.45. The molecule has 2 aromatic rings. The molecule has 4 amide bonds. The van der Waals surface area contributed by atoms with Gasteiger partial charge < -0.3 is 4.90 Å². The van der Waals surface area contributed by atoms with Crippen molar-refractivity contribution in [2.24, 2.45) is 0 Å². The van der Waals surface area contributed by atoms with Gasteiger partial charge in [0.2, 0.25) is 0 Å². The number of carbonyl (C=O) groups excluding carboxylic acids is 3. The summed E-state index contributed by atoms with van der Waals surface area (Å²) in [6.07, 6.45) is 2.58. The molecule has 1 saturated heterocycles. The number of amides is 4. The second-order valence-corrected chi connectivity index (χ2v) is 9.47. The number of urea groups is 1. The van der Waals surface area contributed by atoms with Crippen LogP contribution in [0.4, 0.5) is 16.2 Å². The molecule has 1 atom stereocenters. The fraction of sp³-hybridized carbons (Fsp3) is 0.346. The molecule has 0 radical (unpaired) electrons. The quantitative estimate of drug-likeness (QED) is 0.553. The highest BCUT2D eigenvalue weighted by atomic mass is 16.2. The number of nitrogens with zero attached hydrogens (tertiary/aromatic N) is 2. The van der Waals surface area contributed by atoms with Gasteiger partial charge in [-0.05, 0) is 86.6 Å². The molecule has 6 heteroatoms. The van der Waals surface area contributed by atoms with Gasteiger partial charge in [-0.25, -0.2) is 9.69 Å². The maximum absolute atomic E-state index is 13.3. The van der Waals surface area contributed by atoms with Crippen LogP contribution in [0.3, 0.4) is 0 Å². The molecule has 166 valence electrons. The summed E-state index contributed by atoms with van der Waals surface area (Å²) in [6, 6.07) is 10.7. The van der Waals surface area contributed by atoms with Gasteiger partial charge >= 0.3 is 6.03 Å². The van der Waals surface area contributed by atoms with E-state index < -0.39 is 17.8 Å². The maximum atomic E-state index is 13.3. The normalized spacial score (nSPS) is 21.6. The van der Waals surface area contributed by atoms with Crippen molar-refractivity contribution in [2.75, 3.05) is 16.8 Å². The van der Waals surface area contributed by atoms with Crippen LogP contribution in [0.25, 0.3) is 6.08 Å². The first-order valence-corrected chi connectivity index (χ1v) is 10.9. The maximum Gasteiger partial charge on any atom is 0.335 e. The molecule has 0 spiro atoms. The molecule has 4 rings (SSSR count). The van der Waals surface area contributed by atoms with Crippen LogP contribution < -0.4 is 15.1 Å². The number of nitrogens with one attached hydrogen (secondary N) is 1. The van der Waals surface area contributed by atoms with Crippen LogP contribution in [0.2, 0.25) is 0 Å². The molecule has 1 fully saturated rings. The van der Waals surface area contributed by atoms with Crippen molar-refractivity contribution in [3.63, 3.8) is 0 Å². The minimum atomic E-state index is -0.728. The van der Waals surface area contributed by atoms with Crippen LogP contribution in [0.1, 0.15) is 55.4 Å². The van der Waals surface area contributed by atoms with E-state index >= 15 is 0 Å². The molecule has 32 heavy (non-hydrogen) atoms. The smallest absolute Gasteiger partial charge is 0.335 e. The summed E-state index contributed by atoms with van der Waals surface area (Å²) in [5.41, 5.74) is 5.36. The van der Waals surface area contributed by atoms with Gasteiger partial charge in [0.15, 0.2) is 0 Å². The lowest BCUT2D eigenvalue weighted by Crippen LogP contribution is -2.54. The number of hydrogen-bond acceptors (Lipinski definition) is 4. The highest BCUT2D eigenvalue weighted by Gasteiger charge is 2.38. The van der Waals surface area contributed by atoms with E-state index in [9.17, 15) is 14.4 Å². The van der Waals surface area contributed by atoms with Gasteiger partial charge in [0.05, 0.1) is 5.69 Å². The summed E-state index contributed by atoms with van der Waals surface area (Å²) in [4.78, 5) is 41.7. The zero-order valence-corrected chi connectivity index (χ0v) is 19.4. The predicted molar refractivity (Wildman–Crippen MR) is 127 cm³/mol. The first kappa shape index (κ1) is 21.8. The molecule has 0 bridgehead atoms. The molecule has 1 unspecified atom stereocenters. The van der Waals surface area contributed by atoms with E-state index in [1.165, 1.54) is 5.56 Å². The monoisotopic (exact) mass is 431 g/mol. The number of rotatable bonds is 2. The number of anilines is 2. The topological polar surface area (TPSA) is 69.7 Å². The fourth-order valence-corrected chi connectivity index (χ4v) is 4.71. The summed E-state index contributed by atoms with van der Waals surface area (Å²) in [5.74, 6) is -0.944. The summed E-state index contributed by atoms with van der Waals surface area (Å²) >= 11 is 0. The highest BCUT2D eigenvalue weighted by molar-refractivity contribution is 6.39. The minimum absolute atomic E-state index is 0.0531. The van der Waals surface area contributed by atoms with E-state index in [1.807, 2.05) is 38.1 Å². The lowest BCUT2D eigenvalue weighted by atomic mass is 9.80. The molecule has 2 aliphatic rings. The van der Waals surface area contributed by atoms with E-state index in [2.05, 4.69) is 38.0 Å². The number of benzene rings is 2. The van der Waals surface area contributed by atoms with E-state index in [0.29, 0.717) is 11.6 Å². The van der Waals surface area contributed by atoms with Crippen LogP contribution >= 0.6 is 0 Å². The minimum Gasteiger partial charge on any atom is -0.369 e. The lowest BCUT2D eigenvalue weighted by molar-refractivity contribution is -0.122. The van der Waals surface area contributed by atoms with E-state index in [1.54, 1.807) is 18.2 Å². The molecular formula is C26H29N3O3. The third-order valence-corrected chi connectivity index (χ3v) is 6.89. The third-order valence-electron chi connectivity index (χ3n) is 6.89. The average molecular weight is 432 g/mol. The number of fused-ring (bicyclic) bond motifs is 1. The first-order valence-electron chi connectivity index (χ1n) is 10.9. The van der Waals surface area contributed by atoms with Crippen LogP contribution in [0.5, 0.6) is 0 Å². The second-order valence-electron chi connectivity index (χ2n) is 9.47. The fourth-order valence-electron chi connectivity index (χ4n) is 4.71. The number of hydrogen-bond donors (Lipinski definition) is 1. The van der Waals surface area contributed by atoms with Gasteiger partial charge in [-0.15, -0.1) is 0 Å². The van der Waals surface area contributed by atoms with Crippen molar-refractivity contribution >= 4 is 35.3 Å². The largest absolute Gasteiger partial charge is 0.369 e. The number of barbiturate groups is 1. The SMILES string of the molecule is Cc1cccc(N2C(=O)NC(=O)/C(=C/c3ccc4c(c3)C(C)CC(C)(C)N4C)C2=O)c1C. The van der Waals surface area contributed by atoms with Gasteiger partial charge in [-0.2, -0.15) is 0 Å². The van der Waals surface area contributed by atoms with Gasteiger partial charge in [-0.3, -0.25) is 14.9 Å². The van der Waals surface area contributed by atoms with Crippen LogP contribution in [-0.4, -0.2) is 30.4 Å². The molecular weight excluding hydrogens is 402 g/mol. The van der Waals surface area contributed by atoms with Crippen molar-refractivity contribution in [2.45, 2.75) is 52.5 Å². The molecule has 2 heterocycles. The predicted octanol–water partition coefficient (Wildman–Crippen LogP) is 4.69. The molecule has 2 aromatic carbocycles. The van der Waals surface area contributed by atoms with Gasteiger partial charge in [0, 0.05) is 18.3 Å². The van der Waals surface area contributed by atoms with E-state index in [4.69, 9.17) is 0 Å². The summed E-state index contributed by atoms with van der Waals surface area (Å²) in [7, 11) is 2.09.